The molecule has 1 heterocycles. The lowest BCUT2D eigenvalue weighted by Crippen LogP contribution is -2.42. The van der Waals surface area contributed by atoms with Crippen LogP contribution in [-0.4, -0.2) is 29.3 Å². The van der Waals surface area contributed by atoms with Gasteiger partial charge in [0.05, 0.1) is 5.02 Å². The first kappa shape index (κ1) is 17.6. The maximum absolute atomic E-state index is 11.7. The molecule has 0 aliphatic heterocycles. The van der Waals surface area contributed by atoms with Crippen molar-refractivity contribution in [2.45, 2.75) is 45.9 Å². The van der Waals surface area contributed by atoms with Crippen molar-refractivity contribution in [2.24, 2.45) is 0 Å². The number of amides is 1. The molecule has 1 aromatic carbocycles. The molecule has 1 aromatic heterocycles. The van der Waals surface area contributed by atoms with E-state index in [4.69, 9.17) is 16.3 Å². The number of aromatic nitrogens is 1. The summed E-state index contributed by atoms with van der Waals surface area (Å²) in [5.41, 5.74) is 1.47. The Hall–Kier alpha value is -1.72. The van der Waals surface area contributed by atoms with Crippen LogP contribution in [0.3, 0.4) is 0 Å². The maximum Gasteiger partial charge on any atom is 0.407 e. The molecule has 0 saturated heterocycles. The third kappa shape index (κ3) is 5.15. The van der Waals surface area contributed by atoms with Crippen LogP contribution in [0.5, 0.6) is 0 Å². The standard InChI is InChI=1S/C17H24ClN3O2/c1-11(20-16(22)23-17(2,3)4)9-19-10-14-15(18)12-7-5-6-8-13(12)21-14/h5-8,11,19,21H,9-10H2,1-4H3,(H,20,22). The van der Waals surface area contributed by atoms with Gasteiger partial charge in [0.2, 0.25) is 0 Å². The summed E-state index contributed by atoms with van der Waals surface area (Å²) in [5, 5.41) is 7.84. The van der Waals surface area contributed by atoms with Gasteiger partial charge in [-0.3, -0.25) is 0 Å². The average Bonchev–Trinajstić information content (AvgIpc) is 2.74. The average molecular weight is 338 g/mol. The second kappa shape index (κ2) is 7.23. The van der Waals surface area contributed by atoms with Crippen molar-refractivity contribution in [3.05, 3.63) is 35.0 Å². The van der Waals surface area contributed by atoms with Crippen LogP contribution in [-0.2, 0) is 11.3 Å². The molecule has 0 saturated carbocycles. The molecule has 2 aromatic rings. The molecule has 0 spiro atoms. The minimum atomic E-state index is -0.491. The summed E-state index contributed by atoms with van der Waals surface area (Å²) in [6.07, 6.45) is -0.407. The number of alkyl carbamates (subject to hydrolysis) is 1. The van der Waals surface area contributed by atoms with Crippen LogP contribution in [0.15, 0.2) is 24.3 Å². The molecule has 0 aliphatic carbocycles. The molecular formula is C17H24ClN3O2. The van der Waals surface area contributed by atoms with Gasteiger partial charge in [0.25, 0.3) is 0 Å². The number of para-hydroxylation sites is 1. The van der Waals surface area contributed by atoms with Crippen LogP contribution in [0.2, 0.25) is 5.02 Å². The minimum absolute atomic E-state index is 0.0481. The SMILES string of the molecule is CC(CNCc1[nH]c2ccccc2c1Cl)NC(=O)OC(C)(C)C. The quantitative estimate of drug-likeness (QED) is 0.777. The van der Waals surface area contributed by atoms with Crippen molar-refractivity contribution in [3.63, 3.8) is 0 Å². The fraction of sp³-hybridized carbons (Fsp3) is 0.471. The predicted octanol–water partition coefficient (Wildman–Crippen LogP) is 3.82. The molecule has 23 heavy (non-hydrogen) atoms. The number of halogens is 1. The van der Waals surface area contributed by atoms with Gasteiger partial charge in [-0.05, 0) is 33.8 Å². The van der Waals surface area contributed by atoms with Gasteiger partial charge in [0.1, 0.15) is 5.60 Å². The number of H-pyrrole nitrogens is 1. The number of benzene rings is 1. The summed E-state index contributed by atoms with van der Waals surface area (Å²) in [5.74, 6) is 0. The molecule has 1 atom stereocenters. The van der Waals surface area contributed by atoms with Crippen molar-refractivity contribution in [2.75, 3.05) is 6.54 Å². The number of aromatic amines is 1. The molecule has 6 heteroatoms. The highest BCUT2D eigenvalue weighted by Gasteiger charge is 2.17. The molecule has 0 fully saturated rings. The summed E-state index contributed by atoms with van der Waals surface area (Å²) >= 11 is 6.37. The van der Waals surface area contributed by atoms with E-state index in [1.165, 1.54) is 0 Å². The zero-order chi connectivity index (χ0) is 17.0. The van der Waals surface area contributed by atoms with E-state index >= 15 is 0 Å². The fourth-order valence-electron chi connectivity index (χ4n) is 2.26. The van der Waals surface area contributed by atoms with Crippen LogP contribution in [0.4, 0.5) is 4.79 Å². The van der Waals surface area contributed by atoms with E-state index in [1.54, 1.807) is 0 Å². The molecule has 5 nitrogen and oxygen atoms in total. The largest absolute Gasteiger partial charge is 0.444 e. The Morgan fingerprint density at radius 3 is 2.70 bits per heavy atom. The van der Waals surface area contributed by atoms with Crippen LogP contribution in [0, 0.1) is 0 Å². The van der Waals surface area contributed by atoms with E-state index in [0.717, 1.165) is 21.6 Å². The maximum atomic E-state index is 11.7. The number of nitrogens with one attached hydrogen (secondary N) is 3. The Balaban J connectivity index is 1.82. The molecule has 2 rings (SSSR count). The van der Waals surface area contributed by atoms with Gasteiger partial charge in [0, 0.05) is 35.7 Å². The highest BCUT2D eigenvalue weighted by Crippen LogP contribution is 2.26. The van der Waals surface area contributed by atoms with Crippen LogP contribution >= 0.6 is 11.6 Å². The monoisotopic (exact) mass is 337 g/mol. The van der Waals surface area contributed by atoms with Crippen LogP contribution < -0.4 is 10.6 Å². The summed E-state index contributed by atoms with van der Waals surface area (Å²) in [7, 11) is 0. The first-order chi connectivity index (χ1) is 10.8. The van der Waals surface area contributed by atoms with Crippen molar-refractivity contribution < 1.29 is 9.53 Å². The Kier molecular flexibility index (Phi) is 5.55. The van der Waals surface area contributed by atoms with E-state index < -0.39 is 11.7 Å². The van der Waals surface area contributed by atoms with Gasteiger partial charge in [-0.1, -0.05) is 29.8 Å². The van der Waals surface area contributed by atoms with Gasteiger partial charge in [-0.25, -0.2) is 4.79 Å². The first-order valence-corrected chi connectivity index (χ1v) is 8.09. The zero-order valence-electron chi connectivity index (χ0n) is 14.0. The number of rotatable bonds is 5. The van der Waals surface area contributed by atoms with Crippen LogP contribution in [0.1, 0.15) is 33.4 Å². The van der Waals surface area contributed by atoms with Gasteiger partial charge in [-0.15, -0.1) is 0 Å². The lowest BCUT2D eigenvalue weighted by atomic mass is 10.2. The highest BCUT2D eigenvalue weighted by molar-refractivity contribution is 6.36. The van der Waals surface area contributed by atoms with E-state index in [9.17, 15) is 4.79 Å². The van der Waals surface area contributed by atoms with E-state index in [1.807, 2.05) is 52.0 Å². The molecule has 0 aliphatic rings. The normalized spacial score (nSPS) is 13.1. The molecule has 3 N–H and O–H groups in total. The lowest BCUT2D eigenvalue weighted by Gasteiger charge is -2.22. The smallest absolute Gasteiger partial charge is 0.407 e. The number of fused-ring (bicyclic) bond motifs is 1. The molecule has 1 amide bonds. The van der Waals surface area contributed by atoms with Crippen molar-refractivity contribution in [3.8, 4) is 0 Å². The molecule has 0 radical (unpaired) electrons. The number of hydrogen-bond donors (Lipinski definition) is 3. The topological polar surface area (TPSA) is 66.2 Å². The molecule has 0 bridgehead atoms. The molecular weight excluding hydrogens is 314 g/mol. The predicted molar refractivity (Wildman–Crippen MR) is 93.8 cm³/mol. The summed E-state index contributed by atoms with van der Waals surface area (Å²) in [6.45, 7) is 8.66. The number of hydrogen-bond acceptors (Lipinski definition) is 3. The Morgan fingerprint density at radius 2 is 2.04 bits per heavy atom. The zero-order valence-corrected chi connectivity index (χ0v) is 14.8. The van der Waals surface area contributed by atoms with E-state index in [-0.39, 0.29) is 6.04 Å². The van der Waals surface area contributed by atoms with Gasteiger partial charge >= 0.3 is 6.09 Å². The molecule has 126 valence electrons. The van der Waals surface area contributed by atoms with Crippen molar-refractivity contribution in [1.29, 1.82) is 0 Å². The Labute approximate surface area is 141 Å². The van der Waals surface area contributed by atoms with Gasteiger partial charge in [0.15, 0.2) is 0 Å². The van der Waals surface area contributed by atoms with E-state index in [2.05, 4.69) is 15.6 Å². The second-order valence-electron chi connectivity index (χ2n) is 6.64. The Morgan fingerprint density at radius 1 is 1.35 bits per heavy atom. The minimum Gasteiger partial charge on any atom is -0.444 e. The Bertz CT molecular complexity index is 676. The van der Waals surface area contributed by atoms with Crippen molar-refractivity contribution in [1.82, 2.24) is 15.6 Å². The van der Waals surface area contributed by atoms with Gasteiger partial charge in [-0.2, -0.15) is 0 Å². The highest BCUT2D eigenvalue weighted by atomic mass is 35.5. The number of carbonyl (C=O) groups is 1. The van der Waals surface area contributed by atoms with E-state index in [0.29, 0.717) is 13.1 Å². The third-order valence-electron chi connectivity index (χ3n) is 3.23. The number of carbonyl (C=O) groups excluding carboxylic acids is 1. The summed E-state index contributed by atoms with van der Waals surface area (Å²) in [6, 6.07) is 7.88. The summed E-state index contributed by atoms with van der Waals surface area (Å²) in [4.78, 5) is 15.0. The summed E-state index contributed by atoms with van der Waals surface area (Å²) < 4.78 is 5.23. The lowest BCUT2D eigenvalue weighted by molar-refractivity contribution is 0.0508. The third-order valence-corrected chi connectivity index (χ3v) is 3.66. The van der Waals surface area contributed by atoms with Crippen molar-refractivity contribution >= 4 is 28.6 Å². The fourth-order valence-corrected chi connectivity index (χ4v) is 2.54. The first-order valence-electron chi connectivity index (χ1n) is 7.71. The second-order valence-corrected chi connectivity index (χ2v) is 7.02. The molecule has 1 unspecified atom stereocenters. The van der Waals surface area contributed by atoms with Crippen LogP contribution in [0.25, 0.3) is 10.9 Å². The van der Waals surface area contributed by atoms with Gasteiger partial charge < -0.3 is 20.4 Å². The number of ether oxygens (including phenoxy) is 1.